The van der Waals surface area contributed by atoms with Crippen LogP contribution in [0.4, 0.5) is 0 Å². The van der Waals surface area contributed by atoms with Gasteiger partial charge in [-0.2, -0.15) is 11.8 Å². The SMILES string of the molecule is CCCNC(CSC(C)CC)(C(=O)O)C1CC1. The van der Waals surface area contributed by atoms with Crippen LogP contribution in [0.3, 0.4) is 0 Å². The summed E-state index contributed by atoms with van der Waals surface area (Å²) in [6.45, 7) is 7.19. The predicted octanol–water partition coefficient (Wildman–Crippen LogP) is 2.75. The van der Waals surface area contributed by atoms with Crippen molar-refractivity contribution in [2.75, 3.05) is 12.3 Å². The molecule has 0 aromatic heterocycles. The second kappa shape index (κ2) is 6.64. The van der Waals surface area contributed by atoms with Gasteiger partial charge in [0.15, 0.2) is 0 Å². The third kappa shape index (κ3) is 3.88. The van der Waals surface area contributed by atoms with Crippen LogP contribution in [-0.2, 0) is 4.79 Å². The van der Waals surface area contributed by atoms with E-state index in [0.717, 1.165) is 32.2 Å². The van der Waals surface area contributed by atoms with Gasteiger partial charge in [0.1, 0.15) is 5.54 Å². The van der Waals surface area contributed by atoms with E-state index in [1.54, 1.807) is 11.8 Å². The molecule has 17 heavy (non-hydrogen) atoms. The predicted molar refractivity (Wildman–Crippen MR) is 73.6 cm³/mol. The molecule has 1 saturated carbocycles. The molecule has 0 aromatic rings. The van der Waals surface area contributed by atoms with E-state index in [9.17, 15) is 9.90 Å². The van der Waals surface area contributed by atoms with Crippen LogP contribution in [0.5, 0.6) is 0 Å². The van der Waals surface area contributed by atoms with E-state index >= 15 is 0 Å². The highest BCUT2D eigenvalue weighted by molar-refractivity contribution is 8.00. The van der Waals surface area contributed by atoms with Crippen molar-refractivity contribution in [1.29, 1.82) is 0 Å². The molecule has 100 valence electrons. The van der Waals surface area contributed by atoms with Gasteiger partial charge in [0.2, 0.25) is 0 Å². The molecular weight excluding hydrogens is 234 g/mol. The Morgan fingerprint density at radius 3 is 2.59 bits per heavy atom. The minimum absolute atomic E-state index is 0.336. The van der Waals surface area contributed by atoms with Crippen molar-refractivity contribution in [3.05, 3.63) is 0 Å². The first-order valence-electron chi connectivity index (χ1n) is 6.66. The van der Waals surface area contributed by atoms with Gasteiger partial charge >= 0.3 is 5.97 Å². The van der Waals surface area contributed by atoms with Gasteiger partial charge in [0.05, 0.1) is 0 Å². The first kappa shape index (κ1) is 14.8. The Balaban J connectivity index is 2.64. The van der Waals surface area contributed by atoms with Crippen molar-refractivity contribution >= 4 is 17.7 Å². The zero-order valence-corrected chi connectivity index (χ0v) is 12.0. The van der Waals surface area contributed by atoms with Crippen molar-refractivity contribution < 1.29 is 9.90 Å². The van der Waals surface area contributed by atoms with Gasteiger partial charge in [-0.3, -0.25) is 4.79 Å². The molecular formula is C13H25NO2S. The Morgan fingerprint density at radius 2 is 2.18 bits per heavy atom. The van der Waals surface area contributed by atoms with Crippen LogP contribution in [-0.4, -0.2) is 34.2 Å². The molecule has 2 N–H and O–H groups in total. The number of rotatable bonds is 9. The summed E-state index contributed by atoms with van der Waals surface area (Å²) < 4.78 is 0. The molecule has 1 rings (SSSR count). The van der Waals surface area contributed by atoms with Gasteiger partial charge in [0.25, 0.3) is 0 Å². The van der Waals surface area contributed by atoms with Gasteiger partial charge in [-0.25, -0.2) is 0 Å². The number of carboxylic acid groups (broad SMARTS) is 1. The van der Waals surface area contributed by atoms with Crippen LogP contribution in [0.1, 0.15) is 46.5 Å². The van der Waals surface area contributed by atoms with Gasteiger partial charge in [-0.1, -0.05) is 20.8 Å². The van der Waals surface area contributed by atoms with Crippen LogP contribution in [0.25, 0.3) is 0 Å². The molecule has 0 aliphatic heterocycles. The third-order valence-corrected chi connectivity index (χ3v) is 5.04. The largest absolute Gasteiger partial charge is 0.480 e. The van der Waals surface area contributed by atoms with Gasteiger partial charge in [0, 0.05) is 11.0 Å². The van der Waals surface area contributed by atoms with E-state index in [1.807, 2.05) is 0 Å². The number of carbonyl (C=O) groups is 1. The first-order chi connectivity index (χ1) is 8.06. The third-order valence-electron chi connectivity index (χ3n) is 3.52. The minimum Gasteiger partial charge on any atom is -0.480 e. The lowest BCUT2D eigenvalue weighted by molar-refractivity contribution is -0.144. The van der Waals surface area contributed by atoms with E-state index in [4.69, 9.17) is 0 Å². The molecule has 4 heteroatoms. The summed E-state index contributed by atoms with van der Waals surface area (Å²) in [5, 5.41) is 13.4. The Hall–Kier alpha value is -0.220. The van der Waals surface area contributed by atoms with E-state index in [0.29, 0.717) is 16.9 Å². The number of thioether (sulfide) groups is 1. The van der Waals surface area contributed by atoms with E-state index in [-0.39, 0.29) is 0 Å². The van der Waals surface area contributed by atoms with Gasteiger partial charge < -0.3 is 10.4 Å². The van der Waals surface area contributed by atoms with Crippen LogP contribution < -0.4 is 5.32 Å². The average Bonchev–Trinajstić information content (AvgIpc) is 3.13. The molecule has 1 fully saturated rings. The van der Waals surface area contributed by atoms with Crippen molar-refractivity contribution in [3.8, 4) is 0 Å². The molecule has 2 unspecified atom stereocenters. The second-order valence-corrected chi connectivity index (χ2v) is 6.43. The summed E-state index contributed by atoms with van der Waals surface area (Å²) in [5.74, 6) is 0.370. The zero-order chi connectivity index (χ0) is 12.9. The van der Waals surface area contributed by atoms with Crippen molar-refractivity contribution in [2.45, 2.75) is 57.2 Å². The number of nitrogens with one attached hydrogen (secondary N) is 1. The number of aliphatic carboxylic acids is 1. The Bertz CT molecular complexity index is 256. The Morgan fingerprint density at radius 1 is 1.53 bits per heavy atom. The van der Waals surface area contributed by atoms with Crippen LogP contribution in [0, 0.1) is 5.92 Å². The zero-order valence-electron chi connectivity index (χ0n) is 11.2. The maximum atomic E-state index is 11.6. The lowest BCUT2D eigenvalue weighted by Crippen LogP contribution is -2.56. The second-order valence-electron chi connectivity index (χ2n) is 5.01. The van der Waals surface area contributed by atoms with Crippen LogP contribution in [0.15, 0.2) is 0 Å². The fraction of sp³-hybridized carbons (Fsp3) is 0.923. The lowest BCUT2D eigenvalue weighted by Gasteiger charge is -2.31. The highest BCUT2D eigenvalue weighted by Gasteiger charge is 2.50. The Kier molecular flexibility index (Phi) is 5.80. The number of hydrogen-bond acceptors (Lipinski definition) is 3. The maximum absolute atomic E-state index is 11.6. The van der Waals surface area contributed by atoms with E-state index in [2.05, 4.69) is 26.1 Å². The standard InChI is InChI=1S/C13H25NO2S/c1-4-8-14-13(12(15)16,11-6-7-11)9-17-10(3)5-2/h10-11,14H,4-9H2,1-3H3,(H,15,16). The molecule has 0 spiro atoms. The molecule has 3 nitrogen and oxygen atoms in total. The summed E-state index contributed by atoms with van der Waals surface area (Å²) in [6.07, 6.45) is 4.20. The highest BCUT2D eigenvalue weighted by Crippen LogP contribution is 2.42. The van der Waals surface area contributed by atoms with Crippen molar-refractivity contribution in [3.63, 3.8) is 0 Å². The molecule has 0 heterocycles. The molecule has 2 atom stereocenters. The highest BCUT2D eigenvalue weighted by atomic mass is 32.2. The van der Waals surface area contributed by atoms with E-state index in [1.165, 1.54) is 0 Å². The molecule has 1 aliphatic carbocycles. The van der Waals surface area contributed by atoms with Crippen molar-refractivity contribution in [1.82, 2.24) is 5.32 Å². The molecule has 0 amide bonds. The van der Waals surface area contributed by atoms with Gasteiger partial charge in [-0.15, -0.1) is 0 Å². The average molecular weight is 259 g/mol. The number of hydrogen-bond donors (Lipinski definition) is 2. The minimum atomic E-state index is -0.676. The Labute approximate surface area is 109 Å². The first-order valence-corrected chi connectivity index (χ1v) is 7.71. The topological polar surface area (TPSA) is 49.3 Å². The van der Waals surface area contributed by atoms with Crippen molar-refractivity contribution in [2.24, 2.45) is 5.92 Å². The lowest BCUT2D eigenvalue weighted by atomic mass is 9.95. The molecule has 0 aromatic carbocycles. The fourth-order valence-corrected chi connectivity index (χ4v) is 3.19. The van der Waals surface area contributed by atoms with Gasteiger partial charge in [-0.05, 0) is 38.1 Å². The smallest absolute Gasteiger partial charge is 0.325 e. The summed E-state index contributed by atoms with van der Waals surface area (Å²) >= 11 is 1.79. The summed E-state index contributed by atoms with van der Waals surface area (Å²) in [5.41, 5.74) is -0.676. The van der Waals surface area contributed by atoms with E-state index < -0.39 is 11.5 Å². The fourth-order valence-electron chi connectivity index (χ4n) is 1.94. The molecule has 1 aliphatic rings. The maximum Gasteiger partial charge on any atom is 0.325 e. The normalized spacial score (nSPS) is 20.9. The summed E-state index contributed by atoms with van der Waals surface area (Å²) in [4.78, 5) is 11.6. The van der Waals surface area contributed by atoms with Crippen LogP contribution >= 0.6 is 11.8 Å². The molecule has 0 saturated heterocycles. The molecule has 0 radical (unpaired) electrons. The van der Waals surface area contributed by atoms with Crippen LogP contribution in [0.2, 0.25) is 0 Å². The molecule has 0 bridgehead atoms. The monoisotopic (exact) mass is 259 g/mol. The summed E-state index contributed by atoms with van der Waals surface area (Å²) in [7, 11) is 0. The quantitative estimate of drug-likeness (QED) is 0.668. The summed E-state index contributed by atoms with van der Waals surface area (Å²) in [6, 6.07) is 0. The number of carboxylic acids is 1.